The van der Waals surface area contributed by atoms with Crippen molar-refractivity contribution in [3.8, 4) is 5.69 Å². The molecule has 178 valence electrons. The molecule has 2 N–H and O–H groups in total. The molecule has 1 aromatic heterocycles. The number of aromatic nitrogens is 3. The first-order chi connectivity index (χ1) is 15.7. The number of carbonyl (C=O) groups excluding carboxylic acids is 2. The van der Waals surface area contributed by atoms with Gasteiger partial charge in [0.2, 0.25) is 5.91 Å². The predicted octanol–water partition coefficient (Wildman–Crippen LogP) is 1.15. The van der Waals surface area contributed by atoms with Crippen LogP contribution in [0.15, 0.2) is 34.0 Å². The first kappa shape index (κ1) is 24.7. The van der Waals surface area contributed by atoms with Crippen molar-refractivity contribution in [2.75, 3.05) is 14.1 Å². The first-order valence-corrected chi connectivity index (χ1v) is 11.2. The SMILES string of the molecule is CN(C)C(=O)Cn1c(=O)cnn(-c2ccc(Cl)c(C(=O)NC(O)C3CCCCCC3)c2)c1=O. The lowest BCUT2D eigenvalue weighted by molar-refractivity contribution is -0.129. The molecule has 33 heavy (non-hydrogen) atoms. The highest BCUT2D eigenvalue weighted by atomic mass is 35.5. The van der Waals surface area contributed by atoms with Crippen molar-refractivity contribution in [3.05, 3.63) is 55.8 Å². The average molecular weight is 478 g/mol. The van der Waals surface area contributed by atoms with Crippen LogP contribution < -0.4 is 16.6 Å². The standard InChI is InChI=1S/C22H28ClN5O5/c1-26(2)19(30)13-27-18(29)12-24-28(22(27)33)15-9-10-17(23)16(11-15)21(32)25-20(31)14-7-5-3-4-6-8-14/h9-12,14,20,31H,3-8,13H2,1-2H3,(H,25,32). The highest BCUT2D eigenvalue weighted by Gasteiger charge is 2.24. The second kappa shape index (κ2) is 10.8. The van der Waals surface area contributed by atoms with Crippen molar-refractivity contribution in [1.29, 1.82) is 0 Å². The lowest BCUT2D eigenvalue weighted by Gasteiger charge is -2.22. The Hall–Kier alpha value is -2.98. The van der Waals surface area contributed by atoms with E-state index in [-0.39, 0.29) is 22.2 Å². The van der Waals surface area contributed by atoms with Gasteiger partial charge in [-0.05, 0) is 31.0 Å². The van der Waals surface area contributed by atoms with E-state index in [0.29, 0.717) is 0 Å². The van der Waals surface area contributed by atoms with Gasteiger partial charge < -0.3 is 15.3 Å². The second-order valence-electron chi connectivity index (χ2n) is 8.39. The zero-order chi connectivity index (χ0) is 24.1. The molecular weight excluding hydrogens is 450 g/mol. The second-order valence-corrected chi connectivity index (χ2v) is 8.79. The zero-order valence-electron chi connectivity index (χ0n) is 18.7. The predicted molar refractivity (Wildman–Crippen MR) is 122 cm³/mol. The molecule has 3 rings (SSSR count). The van der Waals surface area contributed by atoms with Crippen LogP contribution in [0.2, 0.25) is 5.02 Å². The van der Waals surface area contributed by atoms with Crippen LogP contribution in [0.25, 0.3) is 5.69 Å². The van der Waals surface area contributed by atoms with Gasteiger partial charge in [0.1, 0.15) is 19.0 Å². The van der Waals surface area contributed by atoms with Crippen molar-refractivity contribution < 1.29 is 14.7 Å². The van der Waals surface area contributed by atoms with Crippen molar-refractivity contribution >= 4 is 23.4 Å². The summed E-state index contributed by atoms with van der Waals surface area (Å²) in [5, 5.41) is 17.1. The number of amides is 2. The average Bonchev–Trinajstić information content (AvgIpc) is 3.06. The molecule has 1 aromatic carbocycles. The molecule has 0 aliphatic heterocycles. The summed E-state index contributed by atoms with van der Waals surface area (Å²) in [4.78, 5) is 51.1. The van der Waals surface area contributed by atoms with Crippen LogP contribution in [0.3, 0.4) is 0 Å². The molecule has 11 heteroatoms. The molecule has 1 atom stereocenters. The molecular formula is C22H28ClN5O5. The Morgan fingerprint density at radius 3 is 2.52 bits per heavy atom. The molecule has 10 nitrogen and oxygen atoms in total. The van der Waals surface area contributed by atoms with Crippen molar-refractivity contribution in [3.63, 3.8) is 0 Å². The number of likely N-dealkylation sites (N-methyl/N-ethyl adjacent to an activating group) is 1. The quantitative estimate of drug-likeness (QED) is 0.474. The van der Waals surface area contributed by atoms with Crippen molar-refractivity contribution in [2.24, 2.45) is 5.92 Å². The van der Waals surface area contributed by atoms with E-state index < -0.39 is 35.8 Å². The summed E-state index contributed by atoms with van der Waals surface area (Å²) in [5.74, 6) is -1.04. The van der Waals surface area contributed by atoms with Gasteiger partial charge >= 0.3 is 5.69 Å². The molecule has 1 aliphatic carbocycles. The van der Waals surface area contributed by atoms with Gasteiger partial charge in [-0.25, -0.2) is 9.36 Å². The summed E-state index contributed by atoms with van der Waals surface area (Å²) in [6, 6.07) is 4.25. The highest BCUT2D eigenvalue weighted by Crippen LogP contribution is 2.25. The zero-order valence-corrected chi connectivity index (χ0v) is 19.4. The van der Waals surface area contributed by atoms with E-state index in [1.807, 2.05) is 0 Å². The number of nitrogens with one attached hydrogen (secondary N) is 1. The number of aliphatic hydroxyl groups excluding tert-OH is 1. The molecule has 0 saturated heterocycles. The fourth-order valence-corrected chi connectivity index (χ4v) is 4.01. The summed E-state index contributed by atoms with van der Waals surface area (Å²) < 4.78 is 1.68. The minimum absolute atomic E-state index is 0.0273. The lowest BCUT2D eigenvalue weighted by atomic mass is 9.98. The number of nitrogens with zero attached hydrogens (tertiary/aromatic N) is 4. The van der Waals surface area contributed by atoms with E-state index in [1.165, 1.54) is 37.2 Å². The topological polar surface area (TPSA) is 127 Å². The van der Waals surface area contributed by atoms with Gasteiger partial charge in [-0.2, -0.15) is 9.78 Å². The maximum atomic E-state index is 12.9. The Kier molecular flexibility index (Phi) is 8.04. The normalized spacial score (nSPS) is 15.5. The van der Waals surface area contributed by atoms with Gasteiger partial charge in [-0.3, -0.25) is 14.4 Å². The van der Waals surface area contributed by atoms with Gasteiger partial charge in [0.15, 0.2) is 0 Å². The summed E-state index contributed by atoms with van der Waals surface area (Å²) in [6.07, 6.45) is 5.85. The minimum Gasteiger partial charge on any atom is -0.373 e. The monoisotopic (exact) mass is 477 g/mol. The number of rotatable bonds is 6. The first-order valence-electron chi connectivity index (χ1n) is 10.9. The summed E-state index contributed by atoms with van der Waals surface area (Å²) in [7, 11) is 3.03. The molecule has 0 radical (unpaired) electrons. The Bertz CT molecular complexity index is 1130. The fourth-order valence-electron chi connectivity index (χ4n) is 3.81. The van der Waals surface area contributed by atoms with Crippen LogP contribution in [-0.2, 0) is 11.3 Å². The number of aliphatic hydroxyl groups is 1. The van der Waals surface area contributed by atoms with Gasteiger partial charge in [0, 0.05) is 20.0 Å². The van der Waals surface area contributed by atoms with E-state index in [4.69, 9.17) is 11.6 Å². The van der Waals surface area contributed by atoms with Crippen molar-refractivity contribution in [1.82, 2.24) is 24.6 Å². The molecule has 2 amide bonds. The third kappa shape index (κ3) is 5.88. The molecule has 1 aliphatic rings. The summed E-state index contributed by atoms with van der Waals surface area (Å²) >= 11 is 6.22. The largest absolute Gasteiger partial charge is 0.373 e. The van der Waals surface area contributed by atoms with Gasteiger partial charge in [-0.1, -0.05) is 37.3 Å². The minimum atomic E-state index is -1.00. The molecule has 1 fully saturated rings. The van der Waals surface area contributed by atoms with Crippen LogP contribution in [0.1, 0.15) is 48.9 Å². The molecule has 0 bridgehead atoms. The van der Waals surface area contributed by atoms with Crippen LogP contribution in [0.4, 0.5) is 0 Å². The number of halogens is 1. The molecule has 0 spiro atoms. The van der Waals surface area contributed by atoms with Crippen LogP contribution in [0, 0.1) is 5.92 Å². The number of hydrogen-bond donors (Lipinski definition) is 2. The highest BCUT2D eigenvalue weighted by molar-refractivity contribution is 6.33. The van der Waals surface area contributed by atoms with Crippen LogP contribution in [-0.4, -0.2) is 56.5 Å². The van der Waals surface area contributed by atoms with E-state index >= 15 is 0 Å². The smallest absolute Gasteiger partial charge is 0.352 e. The Morgan fingerprint density at radius 1 is 1.21 bits per heavy atom. The maximum absolute atomic E-state index is 12.9. The fraction of sp³-hybridized carbons (Fsp3) is 0.500. The molecule has 2 aromatic rings. The Labute approximate surface area is 195 Å². The Balaban J connectivity index is 1.88. The van der Waals surface area contributed by atoms with Gasteiger partial charge in [0.05, 0.1) is 16.3 Å². The van der Waals surface area contributed by atoms with Gasteiger partial charge in [0.25, 0.3) is 11.5 Å². The summed E-state index contributed by atoms with van der Waals surface area (Å²) in [5.41, 5.74) is -1.31. The summed E-state index contributed by atoms with van der Waals surface area (Å²) in [6.45, 7) is -0.443. The third-order valence-corrected chi connectivity index (χ3v) is 6.15. The third-order valence-electron chi connectivity index (χ3n) is 5.82. The maximum Gasteiger partial charge on any atom is 0.352 e. The van der Waals surface area contributed by atoms with Crippen LogP contribution in [0.5, 0.6) is 0 Å². The molecule has 1 unspecified atom stereocenters. The van der Waals surface area contributed by atoms with Gasteiger partial charge in [-0.15, -0.1) is 0 Å². The van der Waals surface area contributed by atoms with Crippen LogP contribution >= 0.6 is 11.6 Å². The number of benzene rings is 1. The number of carbonyl (C=O) groups is 2. The molecule has 1 saturated carbocycles. The Morgan fingerprint density at radius 2 is 1.88 bits per heavy atom. The van der Waals surface area contributed by atoms with E-state index in [0.717, 1.165) is 54.0 Å². The number of hydrogen-bond acceptors (Lipinski definition) is 6. The van der Waals surface area contributed by atoms with E-state index in [9.17, 15) is 24.3 Å². The lowest BCUT2D eigenvalue weighted by Crippen LogP contribution is -2.43. The molecule has 1 heterocycles. The van der Waals surface area contributed by atoms with E-state index in [1.54, 1.807) is 0 Å². The van der Waals surface area contributed by atoms with Crippen molar-refractivity contribution in [2.45, 2.75) is 51.3 Å². The van der Waals surface area contributed by atoms with E-state index in [2.05, 4.69) is 10.4 Å².